The van der Waals surface area contributed by atoms with E-state index in [0.29, 0.717) is 12.1 Å². The quantitative estimate of drug-likeness (QED) is 0.847. The standard InChI is InChI=1S/C15H16N2/c1-2-5-12(6-3-1)14-8-9-15(17-14)13-7-4-10-16-11-13/h1-7,10-11,14-15,17H,8-9H2/t14-,15-/m1/s1. The van der Waals surface area contributed by atoms with Gasteiger partial charge in [-0.05, 0) is 30.0 Å². The molecule has 2 nitrogen and oxygen atoms in total. The average molecular weight is 224 g/mol. The second-order valence-corrected chi connectivity index (χ2v) is 4.55. The topological polar surface area (TPSA) is 24.9 Å². The summed E-state index contributed by atoms with van der Waals surface area (Å²) in [4.78, 5) is 4.19. The van der Waals surface area contributed by atoms with Crippen molar-refractivity contribution in [2.45, 2.75) is 24.9 Å². The minimum atomic E-state index is 0.453. The molecule has 1 aliphatic heterocycles. The van der Waals surface area contributed by atoms with Crippen molar-refractivity contribution >= 4 is 0 Å². The third kappa shape index (κ3) is 2.22. The van der Waals surface area contributed by atoms with Crippen LogP contribution in [0, 0.1) is 0 Å². The molecule has 1 fully saturated rings. The molecule has 86 valence electrons. The Morgan fingerprint density at radius 2 is 1.59 bits per heavy atom. The van der Waals surface area contributed by atoms with Crippen molar-refractivity contribution in [2.24, 2.45) is 0 Å². The molecule has 2 heterocycles. The van der Waals surface area contributed by atoms with Crippen LogP contribution in [0.1, 0.15) is 36.1 Å². The molecule has 17 heavy (non-hydrogen) atoms. The highest BCUT2D eigenvalue weighted by atomic mass is 15.0. The van der Waals surface area contributed by atoms with Gasteiger partial charge in [-0.2, -0.15) is 0 Å². The third-order valence-corrected chi connectivity index (χ3v) is 3.44. The molecule has 3 rings (SSSR count). The Hall–Kier alpha value is -1.67. The molecule has 1 aliphatic rings. The smallest absolute Gasteiger partial charge is 0.0341 e. The Labute approximate surface area is 102 Å². The van der Waals surface area contributed by atoms with Crippen LogP contribution >= 0.6 is 0 Å². The lowest BCUT2D eigenvalue weighted by molar-refractivity contribution is 0.573. The Bertz CT molecular complexity index is 421. The Kier molecular flexibility index (Phi) is 2.88. The summed E-state index contributed by atoms with van der Waals surface area (Å²) in [5.74, 6) is 0. The van der Waals surface area contributed by atoms with Crippen LogP contribution in [-0.2, 0) is 0 Å². The summed E-state index contributed by atoms with van der Waals surface area (Å²) in [5.41, 5.74) is 2.69. The summed E-state index contributed by atoms with van der Waals surface area (Å²) in [5, 5.41) is 3.68. The zero-order valence-corrected chi connectivity index (χ0v) is 9.71. The Morgan fingerprint density at radius 1 is 0.882 bits per heavy atom. The molecule has 0 spiro atoms. The highest BCUT2D eigenvalue weighted by Gasteiger charge is 2.25. The number of rotatable bonds is 2. The first-order chi connectivity index (χ1) is 8.43. The van der Waals surface area contributed by atoms with Gasteiger partial charge in [-0.3, -0.25) is 4.98 Å². The zero-order chi connectivity index (χ0) is 11.5. The largest absolute Gasteiger partial charge is 0.303 e. The fourth-order valence-electron chi connectivity index (χ4n) is 2.54. The summed E-state index contributed by atoms with van der Waals surface area (Å²) < 4.78 is 0. The van der Waals surface area contributed by atoms with Crippen LogP contribution in [0.3, 0.4) is 0 Å². The molecule has 0 saturated carbocycles. The fraction of sp³-hybridized carbons (Fsp3) is 0.267. The maximum Gasteiger partial charge on any atom is 0.0341 e. The lowest BCUT2D eigenvalue weighted by atomic mass is 10.0. The molecule has 2 atom stereocenters. The summed E-state index contributed by atoms with van der Waals surface area (Å²) in [6.45, 7) is 0. The van der Waals surface area contributed by atoms with Crippen LogP contribution in [0.4, 0.5) is 0 Å². The molecule has 2 aromatic rings. The molecular weight excluding hydrogens is 208 g/mol. The average Bonchev–Trinajstić information content (AvgIpc) is 2.90. The van der Waals surface area contributed by atoms with Crippen LogP contribution in [0.15, 0.2) is 54.9 Å². The summed E-state index contributed by atoms with van der Waals surface area (Å²) in [6, 6.07) is 15.8. The highest BCUT2D eigenvalue weighted by molar-refractivity contribution is 5.23. The maximum atomic E-state index is 4.19. The van der Waals surface area contributed by atoms with E-state index in [1.165, 1.54) is 24.0 Å². The molecule has 0 aliphatic carbocycles. The lowest BCUT2D eigenvalue weighted by Gasteiger charge is -2.14. The van der Waals surface area contributed by atoms with Crippen molar-refractivity contribution in [3.8, 4) is 0 Å². The van der Waals surface area contributed by atoms with Crippen molar-refractivity contribution in [1.82, 2.24) is 10.3 Å². The Morgan fingerprint density at radius 3 is 2.29 bits per heavy atom. The number of hydrogen-bond acceptors (Lipinski definition) is 2. The van der Waals surface area contributed by atoms with Gasteiger partial charge in [-0.1, -0.05) is 36.4 Å². The first kappa shape index (κ1) is 10.5. The molecule has 0 radical (unpaired) electrons. The first-order valence-corrected chi connectivity index (χ1v) is 6.14. The third-order valence-electron chi connectivity index (χ3n) is 3.44. The summed E-state index contributed by atoms with van der Waals surface area (Å²) in [6.07, 6.45) is 6.17. The number of nitrogens with zero attached hydrogens (tertiary/aromatic N) is 1. The van der Waals surface area contributed by atoms with Gasteiger partial charge >= 0.3 is 0 Å². The van der Waals surface area contributed by atoms with Gasteiger partial charge in [0, 0.05) is 24.5 Å². The van der Waals surface area contributed by atoms with Crippen molar-refractivity contribution in [2.75, 3.05) is 0 Å². The number of hydrogen-bond donors (Lipinski definition) is 1. The van der Waals surface area contributed by atoms with Gasteiger partial charge in [0.15, 0.2) is 0 Å². The van der Waals surface area contributed by atoms with Crippen LogP contribution in [0.5, 0.6) is 0 Å². The van der Waals surface area contributed by atoms with E-state index in [0.717, 1.165) is 0 Å². The van der Waals surface area contributed by atoms with Crippen LogP contribution in [0.25, 0.3) is 0 Å². The van der Waals surface area contributed by atoms with Crippen molar-refractivity contribution < 1.29 is 0 Å². The van der Waals surface area contributed by atoms with Crippen LogP contribution in [-0.4, -0.2) is 4.98 Å². The molecule has 0 bridgehead atoms. The van der Waals surface area contributed by atoms with Gasteiger partial charge < -0.3 is 5.32 Å². The van der Waals surface area contributed by atoms with Crippen molar-refractivity contribution in [3.63, 3.8) is 0 Å². The van der Waals surface area contributed by atoms with Gasteiger partial charge in [0.1, 0.15) is 0 Å². The molecule has 1 saturated heterocycles. The van der Waals surface area contributed by atoms with Crippen molar-refractivity contribution in [3.05, 3.63) is 66.0 Å². The highest BCUT2D eigenvalue weighted by Crippen LogP contribution is 2.33. The van der Waals surface area contributed by atoms with Crippen molar-refractivity contribution in [1.29, 1.82) is 0 Å². The van der Waals surface area contributed by atoms with Gasteiger partial charge in [0.05, 0.1) is 0 Å². The molecular formula is C15H16N2. The van der Waals surface area contributed by atoms with E-state index >= 15 is 0 Å². The van der Waals surface area contributed by atoms with E-state index in [1.54, 1.807) is 0 Å². The molecule has 2 heteroatoms. The summed E-state index contributed by atoms with van der Waals surface area (Å²) in [7, 11) is 0. The monoisotopic (exact) mass is 224 g/mol. The predicted octanol–water partition coefficient (Wildman–Crippen LogP) is 3.25. The number of benzene rings is 1. The maximum absolute atomic E-state index is 4.19. The van der Waals surface area contributed by atoms with Gasteiger partial charge in [-0.15, -0.1) is 0 Å². The number of aromatic nitrogens is 1. The molecule has 0 unspecified atom stereocenters. The molecule has 1 N–H and O–H groups in total. The van der Waals surface area contributed by atoms with E-state index in [4.69, 9.17) is 0 Å². The van der Waals surface area contributed by atoms with Gasteiger partial charge in [-0.25, -0.2) is 0 Å². The van der Waals surface area contributed by atoms with Gasteiger partial charge in [0.25, 0.3) is 0 Å². The molecule has 1 aromatic carbocycles. The zero-order valence-electron chi connectivity index (χ0n) is 9.71. The molecule has 1 aromatic heterocycles. The van der Waals surface area contributed by atoms with E-state index in [2.05, 4.69) is 46.7 Å². The molecule has 0 amide bonds. The van der Waals surface area contributed by atoms with Gasteiger partial charge in [0.2, 0.25) is 0 Å². The Balaban J connectivity index is 1.75. The minimum absolute atomic E-state index is 0.453. The minimum Gasteiger partial charge on any atom is -0.303 e. The number of nitrogens with one attached hydrogen (secondary N) is 1. The fourth-order valence-corrected chi connectivity index (χ4v) is 2.54. The van der Waals surface area contributed by atoms with E-state index in [-0.39, 0.29) is 0 Å². The second-order valence-electron chi connectivity index (χ2n) is 4.55. The summed E-state index contributed by atoms with van der Waals surface area (Å²) >= 11 is 0. The van der Waals surface area contributed by atoms with Crippen LogP contribution < -0.4 is 5.32 Å². The first-order valence-electron chi connectivity index (χ1n) is 6.14. The normalized spacial score (nSPS) is 23.8. The van der Waals surface area contributed by atoms with E-state index in [1.807, 2.05) is 18.5 Å². The SMILES string of the molecule is c1ccc([C@H]2CC[C@H](c3cccnc3)N2)cc1. The van der Waals surface area contributed by atoms with E-state index < -0.39 is 0 Å². The second kappa shape index (κ2) is 4.68. The van der Waals surface area contributed by atoms with Crippen LogP contribution in [0.2, 0.25) is 0 Å². The van der Waals surface area contributed by atoms with E-state index in [9.17, 15) is 0 Å². The number of pyridine rings is 1. The predicted molar refractivity (Wildman–Crippen MR) is 68.5 cm³/mol. The lowest BCUT2D eigenvalue weighted by Crippen LogP contribution is -2.17.